The Hall–Kier alpha value is -2.86. The molecule has 3 aromatic rings. The number of amides is 1. The summed E-state index contributed by atoms with van der Waals surface area (Å²) < 4.78 is 27.6. The Labute approximate surface area is 175 Å². The maximum absolute atomic E-state index is 14.3. The van der Waals surface area contributed by atoms with Crippen LogP contribution in [0.5, 0.6) is 0 Å². The highest BCUT2D eigenvalue weighted by molar-refractivity contribution is 6.06. The van der Waals surface area contributed by atoms with E-state index in [9.17, 15) is 13.6 Å². The summed E-state index contributed by atoms with van der Waals surface area (Å²) in [5.74, 6) is -1.03. The number of nitrogens with zero attached hydrogens (tertiary/aromatic N) is 3. The van der Waals surface area contributed by atoms with E-state index in [2.05, 4.69) is 0 Å². The van der Waals surface area contributed by atoms with Crippen LogP contribution in [0.4, 0.5) is 8.78 Å². The topological polar surface area (TPSA) is 36.4 Å². The molecule has 1 saturated carbocycles. The molecule has 0 unspecified atom stereocenters. The number of halogens is 2. The van der Waals surface area contributed by atoms with E-state index < -0.39 is 11.6 Å². The third-order valence-electron chi connectivity index (χ3n) is 5.44. The van der Waals surface area contributed by atoms with Crippen molar-refractivity contribution in [3.05, 3.63) is 77.0 Å². The Morgan fingerprint density at radius 1 is 1.07 bits per heavy atom. The molecule has 156 valence electrons. The highest BCUT2D eigenvalue weighted by atomic mass is 19.1. The van der Waals surface area contributed by atoms with E-state index in [1.807, 2.05) is 49.3 Å². The van der Waals surface area contributed by atoms with Gasteiger partial charge in [0.25, 0.3) is 5.91 Å². The normalized spacial score (nSPS) is 13.8. The van der Waals surface area contributed by atoms with Gasteiger partial charge in [-0.25, -0.2) is 8.78 Å². The number of benzene rings is 2. The second-order valence-electron chi connectivity index (χ2n) is 8.15. The predicted molar refractivity (Wildman–Crippen MR) is 113 cm³/mol. The standard InChI is InChI=1S/C24H25F2N3O/c1-28(2)11-12-29(15-17-9-10-18(25)13-21(17)26)24(30)20-14-23(16-7-8-16)27-22-6-4-3-5-19(20)22/h3-6,9-10,13-14,16H,7-8,11-12,15H2,1-2H3. The average Bonchev–Trinajstić information content (AvgIpc) is 3.56. The van der Waals surface area contributed by atoms with Crippen molar-refractivity contribution in [3.63, 3.8) is 0 Å². The van der Waals surface area contributed by atoms with Crippen LogP contribution in [0.25, 0.3) is 10.9 Å². The zero-order valence-corrected chi connectivity index (χ0v) is 17.2. The van der Waals surface area contributed by atoms with Crippen LogP contribution < -0.4 is 0 Å². The molecule has 30 heavy (non-hydrogen) atoms. The molecule has 0 saturated heterocycles. The van der Waals surface area contributed by atoms with E-state index in [1.54, 1.807) is 4.90 Å². The fourth-order valence-corrected chi connectivity index (χ4v) is 3.56. The molecule has 1 aliphatic carbocycles. The maximum Gasteiger partial charge on any atom is 0.254 e. The lowest BCUT2D eigenvalue weighted by Crippen LogP contribution is -2.36. The van der Waals surface area contributed by atoms with Crippen LogP contribution in [0.1, 0.15) is 40.4 Å². The van der Waals surface area contributed by atoms with Crippen LogP contribution in [0, 0.1) is 11.6 Å². The Morgan fingerprint density at radius 3 is 2.53 bits per heavy atom. The predicted octanol–water partition coefficient (Wildman–Crippen LogP) is 4.59. The summed E-state index contributed by atoms with van der Waals surface area (Å²) in [5, 5.41) is 0.793. The van der Waals surface area contributed by atoms with Gasteiger partial charge in [-0.15, -0.1) is 0 Å². The van der Waals surface area contributed by atoms with Crippen molar-refractivity contribution in [1.29, 1.82) is 0 Å². The summed E-state index contributed by atoms with van der Waals surface area (Å²) in [4.78, 5) is 22.0. The smallest absolute Gasteiger partial charge is 0.254 e. The molecular formula is C24H25F2N3O. The SMILES string of the molecule is CN(C)CCN(Cc1ccc(F)cc1F)C(=O)c1cc(C2CC2)nc2ccccc12. The summed E-state index contributed by atoms with van der Waals surface area (Å²) in [6.45, 7) is 1.14. The lowest BCUT2D eigenvalue weighted by Gasteiger charge is -2.25. The van der Waals surface area contributed by atoms with Gasteiger partial charge in [0.15, 0.2) is 0 Å². The maximum atomic E-state index is 14.3. The number of carbonyl (C=O) groups excluding carboxylic acids is 1. The fourth-order valence-electron chi connectivity index (χ4n) is 3.56. The van der Waals surface area contributed by atoms with E-state index in [4.69, 9.17) is 4.98 Å². The number of rotatable bonds is 7. The first-order chi connectivity index (χ1) is 14.4. The molecule has 1 amide bonds. The van der Waals surface area contributed by atoms with Gasteiger partial charge >= 0.3 is 0 Å². The van der Waals surface area contributed by atoms with E-state index in [-0.39, 0.29) is 12.5 Å². The monoisotopic (exact) mass is 409 g/mol. The third kappa shape index (κ3) is 4.49. The first kappa shape index (κ1) is 20.4. The average molecular weight is 409 g/mol. The molecule has 4 nitrogen and oxygen atoms in total. The quantitative estimate of drug-likeness (QED) is 0.573. The largest absolute Gasteiger partial charge is 0.333 e. The fraction of sp³-hybridized carbons (Fsp3) is 0.333. The van der Waals surface area contributed by atoms with Crippen LogP contribution in [0.3, 0.4) is 0 Å². The number of para-hydroxylation sites is 1. The first-order valence-electron chi connectivity index (χ1n) is 10.2. The van der Waals surface area contributed by atoms with Crippen molar-refractivity contribution in [3.8, 4) is 0 Å². The zero-order chi connectivity index (χ0) is 21.3. The Kier molecular flexibility index (Phi) is 5.77. The van der Waals surface area contributed by atoms with Gasteiger partial charge in [-0.05, 0) is 45.1 Å². The Bertz CT molecular complexity index is 1080. The molecule has 0 bridgehead atoms. The summed E-state index contributed by atoms with van der Waals surface area (Å²) >= 11 is 0. The Balaban J connectivity index is 1.72. The van der Waals surface area contributed by atoms with E-state index in [1.165, 1.54) is 12.1 Å². The third-order valence-corrected chi connectivity index (χ3v) is 5.44. The van der Waals surface area contributed by atoms with Crippen molar-refractivity contribution in [1.82, 2.24) is 14.8 Å². The molecule has 0 aliphatic heterocycles. The van der Waals surface area contributed by atoms with Gasteiger partial charge in [-0.3, -0.25) is 9.78 Å². The number of fused-ring (bicyclic) bond motifs is 1. The molecule has 1 heterocycles. The number of pyridine rings is 1. The second-order valence-corrected chi connectivity index (χ2v) is 8.15. The molecule has 1 fully saturated rings. The minimum Gasteiger partial charge on any atom is -0.333 e. The van der Waals surface area contributed by atoms with E-state index >= 15 is 0 Å². The zero-order valence-electron chi connectivity index (χ0n) is 17.2. The van der Waals surface area contributed by atoms with Crippen LogP contribution in [-0.2, 0) is 6.54 Å². The molecule has 0 radical (unpaired) electrons. The summed E-state index contributed by atoms with van der Waals surface area (Å²) in [7, 11) is 3.85. The highest BCUT2D eigenvalue weighted by Gasteiger charge is 2.28. The van der Waals surface area contributed by atoms with Gasteiger partial charge in [-0.1, -0.05) is 24.3 Å². The van der Waals surface area contributed by atoms with Crippen molar-refractivity contribution >= 4 is 16.8 Å². The van der Waals surface area contributed by atoms with Gasteiger partial charge in [-0.2, -0.15) is 0 Å². The van der Waals surface area contributed by atoms with Crippen molar-refractivity contribution in [2.24, 2.45) is 0 Å². The second kappa shape index (κ2) is 8.48. The number of carbonyl (C=O) groups is 1. The molecule has 1 aromatic heterocycles. The summed E-state index contributed by atoms with van der Waals surface area (Å²) in [6, 6.07) is 13.0. The molecule has 1 aliphatic rings. The van der Waals surface area contributed by atoms with Crippen molar-refractivity contribution in [2.45, 2.75) is 25.3 Å². The Morgan fingerprint density at radius 2 is 1.83 bits per heavy atom. The number of likely N-dealkylation sites (N-methyl/N-ethyl adjacent to an activating group) is 1. The molecule has 2 aromatic carbocycles. The lowest BCUT2D eigenvalue weighted by molar-refractivity contribution is 0.0732. The van der Waals surface area contributed by atoms with Crippen molar-refractivity contribution in [2.75, 3.05) is 27.2 Å². The summed E-state index contributed by atoms with van der Waals surface area (Å²) in [6.07, 6.45) is 2.17. The van der Waals surface area contributed by atoms with Gasteiger partial charge in [0.2, 0.25) is 0 Å². The molecule has 6 heteroatoms. The van der Waals surface area contributed by atoms with Crippen LogP contribution in [-0.4, -0.2) is 47.9 Å². The van der Waals surface area contributed by atoms with Gasteiger partial charge in [0, 0.05) is 48.3 Å². The first-order valence-corrected chi connectivity index (χ1v) is 10.2. The highest BCUT2D eigenvalue weighted by Crippen LogP contribution is 2.40. The van der Waals surface area contributed by atoms with Gasteiger partial charge in [0.05, 0.1) is 11.1 Å². The molecule has 0 N–H and O–H groups in total. The van der Waals surface area contributed by atoms with Crippen LogP contribution >= 0.6 is 0 Å². The van der Waals surface area contributed by atoms with Crippen LogP contribution in [0.2, 0.25) is 0 Å². The van der Waals surface area contributed by atoms with Gasteiger partial charge in [0.1, 0.15) is 11.6 Å². The minimum atomic E-state index is -0.643. The van der Waals surface area contributed by atoms with Crippen LogP contribution in [0.15, 0.2) is 48.5 Å². The van der Waals surface area contributed by atoms with Gasteiger partial charge < -0.3 is 9.80 Å². The lowest BCUT2D eigenvalue weighted by atomic mass is 10.0. The number of hydrogen-bond acceptors (Lipinski definition) is 3. The van der Waals surface area contributed by atoms with E-state index in [0.29, 0.717) is 30.1 Å². The summed E-state index contributed by atoms with van der Waals surface area (Å²) in [5.41, 5.74) is 2.62. The molecule has 0 spiro atoms. The number of hydrogen-bond donors (Lipinski definition) is 0. The molecule has 0 atom stereocenters. The number of aromatic nitrogens is 1. The minimum absolute atomic E-state index is 0.0776. The molecule has 4 rings (SSSR count). The molecular weight excluding hydrogens is 384 g/mol. The van der Waals surface area contributed by atoms with Crippen molar-refractivity contribution < 1.29 is 13.6 Å². The van der Waals surface area contributed by atoms with E-state index in [0.717, 1.165) is 35.5 Å².